The third kappa shape index (κ3) is 242. The molecule has 1 unspecified atom stereocenters. The fourth-order valence-electron chi connectivity index (χ4n) is 0. The molecule has 0 aliphatic carbocycles. The van der Waals surface area contributed by atoms with Crippen molar-refractivity contribution in [3.63, 3.8) is 0 Å². The van der Waals surface area contributed by atoms with Crippen LogP contribution in [-0.4, -0.2) is 41.6 Å². The number of hydrogen-bond acceptors (Lipinski definition) is 3. The van der Waals surface area contributed by atoms with Crippen molar-refractivity contribution in [2.75, 3.05) is 0 Å². The largest absolute Gasteiger partial charge is 1.00 e. The van der Waals surface area contributed by atoms with Gasteiger partial charge in [0.25, 0.3) is 0 Å². The van der Waals surface area contributed by atoms with Gasteiger partial charge in [0.1, 0.15) is 0 Å². The first kappa shape index (κ1) is 16.8. The molecule has 0 saturated carbocycles. The van der Waals surface area contributed by atoms with Crippen molar-refractivity contribution in [3.05, 3.63) is 0 Å². The molecular weight excluding hydrogens is 277 g/mol. The molecule has 1 atom stereocenters. The summed E-state index contributed by atoms with van der Waals surface area (Å²) in [5.74, 6) is 0. The molecule has 0 rings (SSSR count). The molecule has 0 spiro atoms. The van der Waals surface area contributed by atoms with Crippen LogP contribution in [0.15, 0.2) is 0 Å². The first-order valence-electron chi connectivity index (χ1n) is 1.05. The maximum atomic E-state index is 8.76. The van der Waals surface area contributed by atoms with Gasteiger partial charge in [-0.05, 0) is 0 Å². The molecular formula is H3NaO6Se2. The summed E-state index contributed by atoms with van der Waals surface area (Å²) in [6.45, 7) is 0. The molecule has 0 aliphatic heterocycles. The summed E-state index contributed by atoms with van der Waals surface area (Å²) in [7, 11) is 0. The summed E-state index contributed by atoms with van der Waals surface area (Å²) in [6, 6.07) is 0. The second-order valence-corrected chi connectivity index (χ2v) is 2.33. The molecule has 52 valence electrons. The third-order valence-electron chi connectivity index (χ3n) is 0. The van der Waals surface area contributed by atoms with Crippen molar-refractivity contribution in [2.24, 2.45) is 0 Å². The Morgan fingerprint density at radius 2 is 1.11 bits per heavy atom. The quantitative estimate of drug-likeness (QED) is 0.379. The molecule has 0 radical (unpaired) electrons. The maximum Gasteiger partial charge on any atom is 1.00 e. The van der Waals surface area contributed by atoms with E-state index in [-0.39, 0.29) is 29.6 Å². The smallest absolute Gasteiger partial charge is 1.00 e. The molecule has 0 aromatic carbocycles. The molecule has 0 bridgehead atoms. The van der Waals surface area contributed by atoms with Crippen molar-refractivity contribution in [1.82, 2.24) is 0 Å². The van der Waals surface area contributed by atoms with E-state index in [4.69, 9.17) is 24.4 Å². The van der Waals surface area contributed by atoms with Crippen molar-refractivity contribution in [3.8, 4) is 0 Å². The zero-order valence-electron chi connectivity index (χ0n) is 4.38. The molecule has 6 nitrogen and oxygen atoms in total. The normalized spacial score (nSPS) is 10.8. The SMILES string of the molecule is O=[Se](O)O.O=[Se]([O-])O.[Na+]. The summed E-state index contributed by atoms with van der Waals surface area (Å²) in [5.41, 5.74) is 0. The molecule has 3 N–H and O–H groups in total. The third-order valence-corrected chi connectivity index (χ3v) is 0. The van der Waals surface area contributed by atoms with Crippen LogP contribution in [0.3, 0.4) is 0 Å². The Morgan fingerprint density at radius 1 is 1.11 bits per heavy atom. The van der Waals surface area contributed by atoms with E-state index in [1.807, 2.05) is 0 Å². The van der Waals surface area contributed by atoms with E-state index in [9.17, 15) is 0 Å². The van der Waals surface area contributed by atoms with Crippen LogP contribution in [0.5, 0.6) is 0 Å². The average Bonchev–Trinajstić information content (AvgIpc) is 1.25. The van der Waals surface area contributed by atoms with Gasteiger partial charge in [0.2, 0.25) is 0 Å². The Balaban J connectivity index is -0.0000000720. The fraction of sp³-hybridized carbons (Fsp3) is 0. The van der Waals surface area contributed by atoms with Gasteiger partial charge in [-0.15, -0.1) is 0 Å². The van der Waals surface area contributed by atoms with E-state index in [2.05, 4.69) is 0 Å². The summed E-state index contributed by atoms with van der Waals surface area (Å²) < 4.78 is 47.5. The standard InChI is InChI=1S/Na.2H2O3Se/c;2*1-4(2)3/h;2*(H2,1,2,3)/q+1;;/p-1. The number of rotatable bonds is 0. The Kier molecular flexibility index (Phi) is 22.8. The van der Waals surface area contributed by atoms with Gasteiger partial charge in [0, 0.05) is 0 Å². The van der Waals surface area contributed by atoms with E-state index in [0.717, 1.165) is 0 Å². The Labute approximate surface area is 82.3 Å². The molecule has 0 aromatic rings. The van der Waals surface area contributed by atoms with E-state index in [1.54, 1.807) is 0 Å². The van der Waals surface area contributed by atoms with Crippen LogP contribution in [-0.2, 0) is 7.67 Å². The Hall–Kier alpha value is 1.48. The topological polar surface area (TPSA) is 118 Å². The van der Waals surface area contributed by atoms with Gasteiger partial charge >= 0.3 is 83.0 Å². The molecule has 0 heterocycles. The molecule has 0 amide bonds. The zero-order valence-corrected chi connectivity index (χ0v) is 9.81. The average molecular weight is 280 g/mol. The van der Waals surface area contributed by atoms with Crippen molar-refractivity contribution >= 4 is 29.0 Å². The van der Waals surface area contributed by atoms with Crippen molar-refractivity contribution < 1.29 is 54.0 Å². The molecule has 0 saturated heterocycles. The second-order valence-electron chi connectivity index (χ2n) is 0.448. The molecule has 0 aromatic heterocycles. The van der Waals surface area contributed by atoms with E-state index >= 15 is 0 Å². The summed E-state index contributed by atoms with van der Waals surface area (Å²) >= 11 is -6.83. The van der Waals surface area contributed by atoms with E-state index in [1.165, 1.54) is 0 Å². The monoisotopic (exact) mass is 282 g/mol. The zero-order chi connectivity index (χ0) is 7.15. The summed E-state index contributed by atoms with van der Waals surface area (Å²) in [4.78, 5) is 0. The van der Waals surface area contributed by atoms with Crippen LogP contribution in [0, 0.1) is 0 Å². The molecule has 0 fully saturated rings. The Morgan fingerprint density at radius 3 is 1.11 bits per heavy atom. The van der Waals surface area contributed by atoms with Crippen LogP contribution in [0.1, 0.15) is 0 Å². The maximum absolute atomic E-state index is 8.76. The van der Waals surface area contributed by atoms with Crippen LogP contribution < -0.4 is 33.7 Å². The van der Waals surface area contributed by atoms with Crippen molar-refractivity contribution in [1.29, 1.82) is 0 Å². The van der Waals surface area contributed by atoms with Gasteiger partial charge < -0.3 is 0 Å². The minimum absolute atomic E-state index is 0. The first-order valence-corrected chi connectivity index (χ1v) is 5.44. The van der Waals surface area contributed by atoms with Crippen LogP contribution in [0.25, 0.3) is 0 Å². The van der Waals surface area contributed by atoms with Gasteiger partial charge in [-0.3, -0.25) is 0 Å². The van der Waals surface area contributed by atoms with Crippen molar-refractivity contribution in [2.45, 2.75) is 0 Å². The second kappa shape index (κ2) is 12.2. The van der Waals surface area contributed by atoms with Crippen LogP contribution in [0.4, 0.5) is 0 Å². The van der Waals surface area contributed by atoms with Crippen LogP contribution >= 0.6 is 0 Å². The first-order chi connectivity index (χ1) is 3.46. The Bertz CT molecular complexity index is 69.1. The minimum atomic E-state index is -3.54. The number of hydrogen-bond donors (Lipinski definition) is 3. The fourth-order valence-corrected chi connectivity index (χ4v) is 0. The molecule has 0 aliphatic rings. The van der Waals surface area contributed by atoms with E-state index in [0.29, 0.717) is 0 Å². The van der Waals surface area contributed by atoms with Crippen LogP contribution in [0.2, 0.25) is 0 Å². The van der Waals surface area contributed by atoms with Gasteiger partial charge in [-0.25, -0.2) is 0 Å². The molecule has 9 heteroatoms. The minimum Gasteiger partial charge on any atom is 1.00 e. The van der Waals surface area contributed by atoms with Gasteiger partial charge in [-0.2, -0.15) is 0 Å². The van der Waals surface area contributed by atoms with Gasteiger partial charge in [0.05, 0.1) is 0 Å². The van der Waals surface area contributed by atoms with E-state index < -0.39 is 29.0 Å². The van der Waals surface area contributed by atoms with Gasteiger partial charge in [0.15, 0.2) is 0 Å². The van der Waals surface area contributed by atoms with Gasteiger partial charge in [-0.1, -0.05) is 0 Å². The molecule has 9 heavy (non-hydrogen) atoms. The summed E-state index contributed by atoms with van der Waals surface area (Å²) in [6.07, 6.45) is 0. The predicted molar refractivity (Wildman–Crippen MR) is 19.5 cm³/mol. The summed E-state index contributed by atoms with van der Waals surface area (Å²) in [5, 5.41) is 0. The predicted octanol–water partition coefficient (Wildman–Crippen LogP) is -6.86.